The Balaban J connectivity index is 2.07. The summed E-state index contributed by atoms with van der Waals surface area (Å²) >= 11 is 0. The molecule has 1 aliphatic rings. The second-order valence-electron chi connectivity index (χ2n) is 4.65. The Morgan fingerprint density at radius 1 is 1.39 bits per heavy atom. The molecule has 1 aromatic carbocycles. The zero-order valence-electron chi connectivity index (χ0n) is 10.2. The van der Waals surface area contributed by atoms with Crippen LogP contribution in [0.15, 0.2) is 18.2 Å². The molecular weight excluding hydrogens is 238 g/mol. The van der Waals surface area contributed by atoms with Crippen LogP contribution in [-0.4, -0.2) is 24.5 Å². The lowest BCUT2D eigenvalue weighted by atomic mass is 10.00. The van der Waals surface area contributed by atoms with Gasteiger partial charge in [-0.25, -0.2) is 8.78 Å². The SMILES string of the molecule is CC1CC(NC(=O)c2c(F)cccc2F)CCN1. The van der Waals surface area contributed by atoms with Gasteiger partial charge in [-0.3, -0.25) is 4.79 Å². The number of hydrogen-bond donors (Lipinski definition) is 2. The van der Waals surface area contributed by atoms with E-state index in [4.69, 9.17) is 0 Å². The molecule has 1 aromatic rings. The minimum atomic E-state index is -0.825. The minimum Gasteiger partial charge on any atom is -0.349 e. The molecule has 2 N–H and O–H groups in total. The normalized spacial score (nSPS) is 23.7. The van der Waals surface area contributed by atoms with Gasteiger partial charge in [0.25, 0.3) is 5.91 Å². The first-order valence-corrected chi connectivity index (χ1v) is 6.06. The maximum atomic E-state index is 13.4. The van der Waals surface area contributed by atoms with Crippen molar-refractivity contribution >= 4 is 5.91 Å². The van der Waals surface area contributed by atoms with Crippen molar-refractivity contribution in [3.05, 3.63) is 35.4 Å². The lowest BCUT2D eigenvalue weighted by molar-refractivity contribution is 0.0917. The molecule has 18 heavy (non-hydrogen) atoms. The van der Waals surface area contributed by atoms with Crippen molar-refractivity contribution < 1.29 is 13.6 Å². The van der Waals surface area contributed by atoms with E-state index in [9.17, 15) is 13.6 Å². The first-order chi connectivity index (χ1) is 8.58. The third kappa shape index (κ3) is 2.85. The zero-order valence-corrected chi connectivity index (χ0v) is 10.2. The summed E-state index contributed by atoms with van der Waals surface area (Å²) in [6.07, 6.45) is 1.54. The fourth-order valence-corrected chi connectivity index (χ4v) is 2.24. The van der Waals surface area contributed by atoms with Gasteiger partial charge in [-0.15, -0.1) is 0 Å². The Hall–Kier alpha value is -1.49. The Morgan fingerprint density at radius 2 is 2.06 bits per heavy atom. The number of carbonyl (C=O) groups excluding carboxylic acids is 1. The molecule has 0 aromatic heterocycles. The van der Waals surface area contributed by atoms with Crippen molar-refractivity contribution in [3.63, 3.8) is 0 Å². The molecule has 1 heterocycles. The van der Waals surface area contributed by atoms with Crippen LogP contribution in [0.5, 0.6) is 0 Å². The fraction of sp³-hybridized carbons (Fsp3) is 0.462. The summed E-state index contributed by atoms with van der Waals surface area (Å²) in [6, 6.07) is 3.68. The van der Waals surface area contributed by atoms with Gasteiger partial charge in [-0.05, 0) is 38.4 Å². The molecule has 1 aliphatic heterocycles. The van der Waals surface area contributed by atoms with Crippen LogP contribution in [0.2, 0.25) is 0 Å². The standard InChI is InChI=1S/C13H16F2N2O/c1-8-7-9(5-6-16-8)17-13(18)12-10(14)3-2-4-11(12)15/h2-4,8-9,16H,5-7H2,1H3,(H,17,18). The third-order valence-corrected chi connectivity index (χ3v) is 3.15. The molecule has 0 saturated carbocycles. The molecule has 3 nitrogen and oxygen atoms in total. The van der Waals surface area contributed by atoms with Crippen LogP contribution in [0.25, 0.3) is 0 Å². The van der Waals surface area contributed by atoms with Gasteiger partial charge in [-0.2, -0.15) is 0 Å². The summed E-state index contributed by atoms with van der Waals surface area (Å²) in [5.74, 6) is -2.33. The maximum absolute atomic E-state index is 13.4. The Kier molecular flexibility index (Phi) is 3.91. The van der Waals surface area contributed by atoms with Gasteiger partial charge in [0.2, 0.25) is 0 Å². The van der Waals surface area contributed by atoms with Gasteiger partial charge in [0, 0.05) is 12.1 Å². The van der Waals surface area contributed by atoms with Crippen LogP contribution >= 0.6 is 0 Å². The Labute approximate surface area is 105 Å². The van der Waals surface area contributed by atoms with E-state index >= 15 is 0 Å². The summed E-state index contributed by atoms with van der Waals surface area (Å²) in [5.41, 5.74) is -0.497. The van der Waals surface area contributed by atoms with E-state index in [1.54, 1.807) is 0 Å². The summed E-state index contributed by atoms with van der Waals surface area (Å²) in [7, 11) is 0. The third-order valence-electron chi connectivity index (χ3n) is 3.15. The fourth-order valence-electron chi connectivity index (χ4n) is 2.24. The second kappa shape index (κ2) is 5.44. The summed E-state index contributed by atoms with van der Waals surface area (Å²) < 4.78 is 26.8. The quantitative estimate of drug-likeness (QED) is 0.845. The Morgan fingerprint density at radius 3 is 2.67 bits per heavy atom. The van der Waals surface area contributed by atoms with Crippen molar-refractivity contribution in [2.75, 3.05) is 6.54 Å². The minimum absolute atomic E-state index is 0.0345. The number of rotatable bonds is 2. The molecule has 2 atom stereocenters. The van der Waals surface area contributed by atoms with E-state index in [2.05, 4.69) is 10.6 Å². The first-order valence-electron chi connectivity index (χ1n) is 6.06. The highest BCUT2D eigenvalue weighted by Crippen LogP contribution is 2.14. The second-order valence-corrected chi connectivity index (χ2v) is 4.65. The van der Waals surface area contributed by atoms with Gasteiger partial charge in [0.15, 0.2) is 0 Å². The number of carbonyl (C=O) groups is 1. The van der Waals surface area contributed by atoms with Gasteiger partial charge < -0.3 is 10.6 Å². The number of hydrogen-bond acceptors (Lipinski definition) is 2. The van der Waals surface area contributed by atoms with Gasteiger partial charge in [-0.1, -0.05) is 6.07 Å². The van der Waals surface area contributed by atoms with Crippen molar-refractivity contribution in [2.45, 2.75) is 31.8 Å². The summed E-state index contributed by atoms with van der Waals surface area (Å²) in [4.78, 5) is 11.8. The number of halogens is 2. The largest absolute Gasteiger partial charge is 0.349 e. The highest BCUT2D eigenvalue weighted by Gasteiger charge is 2.23. The summed E-state index contributed by atoms with van der Waals surface area (Å²) in [5, 5.41) is 5.94. The van der Waals surface area contributed by atoms with E-state index < -0.39 is 23.1 Å². The van der Waals surface area contributed by atoms with Crippen LogP contribution < -0.4 is 10.6 Å². The monoisotopic (exact) mass is 254 g/mol. The summed E-state index contributed by atoms with van der Waals surface area (Å²) in [6.45, 7) is 2.81. The van der Waals surface area contributed by atoms with Crippen molar-refractivity contribution in [1.29, 1.82) is 0 Å². The molecule has 1 saturated heterocycles. The van der Waals surface area contributed by atoms with Gasteiger partial charge in [0.1, 0.15) is 17.2 Å². The van der Waals surface area contributed by atoms with E-state index in [0.717, 1.165) is 31.5 Å². The Bertz CT molecular complexity index is 430. The topological polar surface area (TPSA) is 41.1 Å². The van der Waals surface area contributed by atoms with Crippen LogP contribution in [0.3, 0.4) is 0 Å². The lowest BCUT2D eigenvalue weighted by Gasteiger charge is -2.28. The van der Waals surface area contributed by atoms with E-state index in [1.807, 2.05) is 6.92 Å². The number of nitrogens with one attached hydrogen (secondary N) is 2. The molecule has 5 heteroatoms. The lowest BCUT2D eigenvalue weighted by Crippen LogP contribution is -2.46. The zero-order chi connectivity index (χ0) is 13.1. The van der Waals surface area contributed by atoms with Crippen molar-refractivity contribution in [3.8, 4) is 0 Å². The predicted octanol–water partition coefficient (Wildman–Crippen LogP) is 1.84. The maximum Gasteiger partial charge on any atom is 0.257 e. The van der Waals surface area contributed by atoms with Gasteiger partial charge >= 0.3 is 0 Å². The average molecular weight is 254 g/mol. The molecule has 2 rings (SSSR count). The molecule has 2 unspecified atom stereocenters. The molecule has 98 valence electrons. The number of piperidine rings is 1. The molecule has 0 aliphatic carbocycles. The molecule has 1 fully saturated rings. The van der Waals surface area contributed by atoms with Crippen LogP contribution in [0.4, 0.5) is 8.78 Å². The first kappa shape index (κ1) is 13.0. The molecule has 1 amide bonds. The number of amides is 1. The van der Waals surface area contributed by atoms with E-state index in [1.165, 1.54) is 6.07 Å². The molecule has 0 radical (unpaired) electrons. The highest BCUT2D eigenvalue weighted by molar-refractivity contribution is 5.94. The smallest absolute Gasteiger partial charge is 0.257 e. The molecular formula is C13H16F2N2O. The highest BCUT2D eigenvalue weighted by atomic mass is 19.1. The van der Waals surface area contributed by atoms with Crippen LogP contribution in [0.1, 0.15) is 30.1 Å². The molecule has 0 spiro atoms. The molecule has 0 bridgehead atoms. The van der Waals surface area contributed by atoms with Gasteiger partial charge in [0.05, 0.1) is 0 Å². The van der Waals surface area contributed by atoms with Crippen LogP contribution in [0, 0.1) is 11.6 Å². The average Bonchev–Trinajstić information content (AvgIpc) is 2.28. The van der Waals surface area contributed by atoms with Crippen LogP contribution in [-0.2, 0) is 0 Å². The predicted molar refractivity (Wildman–Crippen MR) is 64.3 cm³/mol. The number of benzene rings is 1. The van der Waals surface area contributed by atoms with E-state index in [0.29, 0.717) is 6.04 Å². The van der Waals surface area contributed by atoms with Crippen molar-refractivity contribution in [1.82, 2.24) is 10.6 Å². The van der Waals surface area contributed by atoms with E-state index in [-0.39, 0.29) is 6.04 Å². The van der Waals surface area contributed by atoms with Crippen molar-refractivity contribution in [2.24, 2.45) is 0 Å².